The fourth-order valence-electron chi connectivity index (χ4n) is 3.69. The zero-order valence-electron chi connectivity index (χ0n) is 12.1. The fourth-order valence-corrected chi connectivity index (χ4v) is 4.86. The molecule has 0 heterocycles. The number of nitrogens with zero attached hydrogens (tertiary/aromatic N) is 1. The Morgan fingerprint density at radius 2 is 1.84 bits per heavy atom. The van der Waals surface area contributed by atoms with Crippen LogP contribution in [0.25, 0.3) is 0 Å². The molecule has 4 nitrogen and oxygen atoms in total. The van der Waals surface area contributed by atoms with Crippen LogP contribution in [0.15, 0.2) is 0 Å². The van der Waals surface area contributed by atoms with E-state index in [1.807, 2.05) is 7.05 Å². The van der Waals surface area contributed by atoms with Gasteiger partial charge in [0, 0.05) is 18.8 Å². The first kappa shape index (κ1) is 15.3. The van der Waals surface area contributed by atoms with Crippen molar-refractivity contribution < 1.29 is 13.5 Å². The van der Waals surface area contributed by atoms with Gasteiger partial charge in [0.25, 0.3) is 0 Å². The monoisotopic (exact) mass is 289 g/mol. The van der Waals surface area contributed by atoms with Gasteiger partial charge in [0.2, 0.25) is 0 Å². The molecule has 2 atom stereocenters. The average Bonchev–Trinajstić information content (AvgIpc) is 2.75. The van der Waals surface area contributed by atoms with Crippen molar-refractivity contribution in [3.05, 3.63) is 0 Å². The third-order valence-electron chi connectivity index (χ3n) is 4.91. The number of likely N-dealkylation sites (N-methyl/N-ethyl adjacent to an activating group) is 1. The summed E-state index contributed by atoms with van der Waals surface area (Å²) in [5.74, 6) is 0. The summed E-state index contributed by atoms with van der Waals surface area (Å²) < 4.78 is 23.4. The minimum Gasteiger partial charge on any atom is -0.389 e. The lowest BCUT2D eigenvalue weighted by molar-refractivity contribution is 0.00101. The van der Waals surface area contributed by atoms with Crippen LogP contribution in [-0.2, 0) is 9.84 Å². The molecule has 0 aromatic carbocycles. The SMILES string of the molecule is CN(CC1(O)CCCC1)C1CCCC(S(C)(=O)=O)C1. The smallest absolute Gasteiger partial charge is 0.150 e. The third kappa shape index (κ3) is 3.92. The lowest BCUT2D eigenvalue weighted by atomic mass is 9.92. The van der Waals surface area contributed by atoms with E-state index in [0.717, 1.165) is 51.4 Å². The van der Waals surface area contributed by atoms with Gasteiger partial charge >= 0.3 is 0 Å². The van der Waals surface area contributed by atoms with Crippen LogP contribution in [0.1, 0.15) is 51.4 Å². The van der Waals surface area contributed by atoms with E-state index in [1.165, 1.54) is 6.26 Å². The van der Waals surface area contributed by atoms with Crippen LogP contribution in [0.5, 0.6) is 0 Å². The Balaban J connectivity index is 1.93. The molecular weight excluding hydrogens is 262 g/mol. The molecule has 2 aliphatic rings. The van der Waals surface area contributed by atoms with E-state index < -0.39 is 15.4 Å². The van der Waals surface area contributed by atoms with Gasteiger partial charge in [-0.1, -0.05) is 19.3 Å². The molecule has 5 heteroatoms. The van der Waals surface area contributed by atoms with Crippen LogP contribution in [0.2, 0.25) is 0 Å². The van der Waals surface area contributed by atoms with Gasteiger partial charge in [-0.15, -0.1) is 0 Å². The van der Waals surface area contributed by atoms with E-state index in [0.29, 0.717) is 12.6 Å². The van der Waals surface area contributed by atoms with Crippen molar-refractivity contribution in [1.29, 1.82) is 0 Å². The molecule has 0 saturated heterocycles. The molecule has 0 aromatic heterocycles. The van der Waals surface area contributed by atoms with Crippen LogP contribution in [0, 0.1) is 0 Å². The van der Waals surface area contributed by atoms with E-state index >= 15 is 0 Å². The average molecular weight is 289 g/mol. The van der Waals surface area contributed by atoms with Crippen molar-refractivity contribution in [2.75, 3.05) is 19.8 Å². The molecule has 2 unspecified atom stereocenters. The second-order valence-electron chi connectivity index (χ2n) is 6.62. The zero-order valence-corrected chi connectivity index (χ0v) is 13.0. The fraction of sp³-hybridized carbons (Fsp3) is 1.00. The maximum Gasteiger partial charge on any atom is 0.150 e. The van der Waals surface area contributed by atoms with Crippen molar-refractivity contribution in [2.24, 2.45) is 0 Å². The number of rotatable bonds is 4. The number of hydrogen-bond acceptors (Lipinski definition) is 4. The van der Waals surface area contributed by atoms with Crippen LogP contribution in [0.3, 0.4) is 0 Å². The van der Waals surface area contributed by atoms with Gasteiger partial charge in [-0.3, -0.25) is 0 Å². The molecule has 0 amide bonds. The van der Waals surface area contributed by atoms with Crippen LogP contribution in [0.4, 0.5) is 0 Å². The topological polar surface area (TPSA) is 57.6 Å². The molecule has 0 bridgehead atoms. The molecule has 0 radical (unpaired) electrons. The molecule has 19 heavy (non-hydrogen) atoms. The number of sulfone groups is 1. The minimum absolute atomic E-state index is 0.188. The van der Waals surface area contributed by atoms with Gasteiger partial charge in [-0.25, -0.2) is 8.42 Å². The minimum atomic E-state index is -2.92. The maximum absolute atomic E-state index is 11.7. The first-order chi connectivity index (χ1) is 8.80. The zero-order chi connectivity index (χ0) is 14.1. The van der Waals surface area contributed by atoms with Crippen molar-refractivity contribution in [3.63, 3.8) is 0 Å². The predicted octanol–water partition coefficient (Wildman–Crippen LogP) is 1.58. The van der Waals surface area contributed by atoms with Gasteiger partial charge in [-0.05, 0) is 39.2 Å². The number of hydrogen-bond donors (Lipinski definition) is 1. The summed E-state index contributed by atoms with van der Waals surface area (Å²) in [5, 5.41) is 10.3. The van der Waals surface area contributed by atoms with Gasteiger partial charge in [0.15, 0.2) is 0 Å². The maximum atomic E-state index is 11.7. The molecule has 2 aliphatic carbocycles. The van der Waals surface area contributed by atoms with E-state index in [1.54, 1.807) is 0 Å². The first-order valence-corrected chi connectivity index (χ1v) is 9.37. The lowest BCUT2D eigenvalue weighted by Crippen LogP contribution is -2.47. The highest BCUT2D eigenvalue weighted by molar-refractivity contribution is 7.91. The van der Waals surface area contributed by atoms with Crippen molar-refractivity contribution in [3.8, 4) is 0 Å². The molecule has 112 valence electrons. The summed E-state index contributed by atoms with van der Waals surface area (Å²) >= 11 is 0. The summed E-state index contributed by atoms with van der Waals surface area (Å²) in [4.78, 5) is 2.20. The normalized spacial score (nSPS) is 31.8. The summed E-state index contributed by atoms with van der Waals surface area (Å²) in [6.45, 7) is 0.689. The van der Waals surface area contributed by atoms with Crippen molar-refractivity contribution in [1.82, 2.24) is 4.90 Å². The third-order valence-corrected chi connectivity index (χ3v) is 6.54. The second-order valence-corrected chi connectivity index (χ2v) is 8.94. The molecule has 2 saturated carbocycles. The second kappa shape index (κ2) is 5.70. The lowest BCUT2D eigenvalue weighted by Gasteiger charge is -2.38. The Morgan fingerprint density at radius 1 is 1.21 bits per heavy atom. The van der Waals surface area contributed by atoms with Crippen molar-refractivity contribution in [2.45, 2.75) is 68.3 Å². The molecule has 1 N–H and O–H groups in total. The standard InChI is InChI=1S/C14H27NO3S/c1-15(11-14(16)8-3-4-9-14)12-6-5-7-13(10-12)19(2,17)18/h12-13,16H,3-11H2,1-2H3. The summed E-state index contributed by atoms with van der Waals surface area (Å²) in [6.07, 6.45) is 8.91. The van der Waals surface area contributed by atoms with E-state index in [4.69, 9.17) is 0 Å². The Hall–Kier alpha value is -0.130. The largest absolute Gasteiger partial charge is 0.389 e. The Kier molecular flexibility index (Phi) is 4.58. The molecule has 0 aromatic rings. The Labute approximate surface area is 117 Å². The van der Waals surface area contributed by atoms with E-state index in [-0.39, 0.29) is 5.25 Å². The number of aliphatic hydroxyl groups is 1. The quantitative estimate of drug-likeness (QED) is 0.853. The van der Waals surface area contributed by atoms with Gasteiger partial charge in [0.05, 0.1) is 10.9 Å². The van der Waals surface area contributed by atoms with Gasteiger partial charge in [-0.2, -0.15) is 0 Å². The van der Waals surface area contributed by atoms with E-state index in [9.17, 15) is 13.5 Å². The van der Waals surface area contributed by atoms with Crippen LogP contribution in [-0.4, -0.2) is 55.2 Å². The highest BCUT2D eigenvalue weighted by Crippen LogP contribution is 2.32. The highest BCUT2D eigenvalue weighted by Gasteiger charge is 2.36. The summed E-state index contributed by atoms with van der Waals surface area (Å²) in [5.41, 5.74) is -0.535. The first-order valence-electron chi connectivity index (χ1n) is 7.42. The van der Waals surface area contributed by atoms with E-state index in [2.05, 4.69) is 4.90 Å². The molecule has 0 spiro atoms. The van der Waals surface area contributed by atoms with Crippen molar-refractivity contribution >= 4 is 9.84 Å². The molecule has 0 aliphatic heterocycles. The van der Waals surface area contributed by atoms with Gasteiger partial charge < -0.3 is 10.0 Å². The summed E-state index contributed by atoms with van der Waals surface area (Å²) in [7, 11) is -0.891. The van der Waals surface area contributed by atoms with Crippen LogP contribution >= 0.6 is 0 Å². The molecular formula is C14H27NO3S. The predicted molar refractivity (Wildman–Crippen MR) is 76.9 cm³/mol. The van der Waals surface area contributed by atoms with Gasteiger partial charge in [0.1, 0.15) is 9.84 Å². The highest BCUT2D eigenvalue weighted by atomic mass is 32.2. The summed E-state index contributed by atoms with van der Waals surface area (Å²) in [6, 6.07) is 0.304. The Bertz CT molecular complexity index is 401. The molecule has 2 fully saturated rings. The van der Waals surface area contributed by atoms with Crippen LogP contribution < -0.4 is 0 Å². The molecule has 2 rings (SSSR count). The Morgan fingerprint density at radius 3 is 2.42 bits per heavy atom.